The Morgan fingerprint density at radius 1 is 1.35 bits per heavy atom. The molecule has 0 aromatic carbocycles. The smallest absolute Gasteiger partial charge is 0.224 e. The number of hydrogen-bond donors (Lipinski definition) is 2. The van der Waals surface area contributed by atoms with E-state index in [4.69, 9.17) is 0 Å². The van der Waals surface area contributed by atoms with Crippen LogP contribution in [0.4, 0.5) is 16.2 Å². The van der Waals surface area contributed by atoms with Crippen molar-refractivity contribution in [3.8, 4) is 0 Å². The van der Waals surface area contributed by atoms with Gasteiger partial charge in [0.25, 0.3) is 0 Å². The number of rotatable bonds is 8. The monoisotopic (exact) mass is 283 g/mol. The Labute approximate surface area is 121 Å². The van der Waals surface area contributed by atoms with E-state index < -0.39 is 5.82 Å². The van der Waals surface area contributed by atoms with Crippen molar-refractivity contribution in [1.29, 1.82) is 0 Å². The second kappa shape index (κ2) is 7.99. The average Bonchev–Trinajstić information content (AvgIpc) is 2.32. The van der Waals surface area contributed by atoms with Crippen LogP contribution in [0.5, 0.6) is 0 Å². The Bertz CT molecular complexity index is 399. The Balaban J connectivity index is 2.82. The average molecular weight is 283 g/mol. The lowest BCUT2D eigenvalue weighted by Gasteiger charge is -2.24. The molecule has 1 atom stereocenters. The van der Waals surface area contributed by atoms with Gasteiger partial charge in [0.05, 0.1) is 6.20 Å². The van der Waals surface area contributed by atoms with Gasteiger partial charge in [0.1, 0.15) is 0 Å². The van der Waals surface area contributed by atoms with Crippen molar-refractivity contribution in [1.82, 2.24) is 14.9 Å². The van der Waals surface area contributed by atoms with E-state index in [-0.39, 0.29) is 11.9 Å². The molecule has 0 amide bonds. The molecule has 1 aromatic rings. The molecule has 0 fully saturated rings. The van der Waals surface area contributed by atoms with Gasteiger partial charge in [0.15, 0.2) is 11.6 Å². The molecule has 0 saturated carbocycles. The van der Waals surface area contributed by atoms with Crippen LogP contribution in [0.15, 0.2) is 6.20 Å². The quantitative estimate of drug-likeness (QED) is 0.767. The minimum Gasteiger partial charge on any atom is -0.363 e. The Hall–Kier alpha value is -1.43. The molecule has 1 unspecified atom stereocenters. The molecule has 0 aliphatic heterocycles. The SMILES string of the molecule is CCNc1ncc(F)c(NC(CC(C)C)CN(C)C)n1. The van der Waals surface area contributed by atoms with Crippen LogP contribution in [0.3, 0.4) is 0 Å². The fourth-order valence-corrected chi connectivity index (χ4v) is 2.09. The van der Waals surface area contributed by atoms with Crippen LogP contribution in [0.1, 0.15) is 27.2 Å². The van der Waals surface area contributed by atoms with Gasteiger partial charge in [-0.3, -0.25) is 0 Å². The molecule has 2 N–H and O–H groups in total. The fourth-order valence-electron chi connectivity index (χ4n) is 2.09. The van der Waals surface area contributed by atoms with Crippen LogP contribution in [0.25, 0.3) is 0 Å². The highest BCUT2D eigenvalue weighted by Crippen LogP contribution is 2.16. The molecule has 114 valence electrons. The summed E-state index contributed by atoms with van der Waals surface area (Å²) in [6, 6.07) is 0.156. The molecule has 5 nitrogen and oxygen atoms in total. The maximum Gasteiger partial charge on any atom is 0.224 e. The van der Waals surface area contributed by atoms with Gasteiger partial charge in [-0.2, -0.15) is 4.98 Å². The maximum atomic E-state index is 13.8. The van der Waals surface area contributed by atoms with Crippen molar-refractivity contribution in [2.45, 2.75) is 33.2 Å². The largest absolute Gasteiger partial charge is 0.363 e. The van der Waals surface area contributed by atoms with Crippen LogP contribution in [0, 0.1) is 11.7 Å². The number of likely N-dealkylation sites (N-methyl/N-ethyl adjacent to an activating group) is 1. The highest BCUT2D eigenvalue weighted by Gasteiger charge is 2.15. The lowest BCUT2D eigenvalue weighted by atomic mass is 10.0. The van der Waals surface area contributed by atoms with E-state index in [0.717, 1.165) is 13.0 Å². The van der Waals surface area contributed by atoms with Gasteiger partial charge in [-0.05, 0) is 33.4 Å². The molecule has 1 heterocycles. The summed E-state index contributed by atoms with van der Waals surface area (Å²) in [7, 11) is 4.02. The zero-order chi connectivity index (χ0) is 15.1. The third-order valence-electron chi connectivity index (χ3n) is 2.76. The van der Waals surface area contributed by atoms with Gasteiger partial charge in [0, 0.05) is 19.1 Å². The topological polar surface area (TPSA) is 53.1 Å². The summed E-state index contributed by atoms with van der Waals surface area (Å²) in [5, 5.41) is 6.19. The molecule has 0 saturated heterocycles. The van der Waals surface area contributed by atoms with Gasteiger partial charge < -0.3 is 15.5 Å². The fraction of sp³-hybridized carbons (Fsp3) is 0.714. The maximum absolute atomic E-state index is 13.8. The summed E-state index contributed by atoms with van der Waals surface area (Å²) in [5.74, 6) is 0.831. The molecular weight excluding hydrogens is 257 g/mol. The van der Waals surface area contributed by atoms with Gasteiger partial charge in [-0.1, -0.05) is 13.8 Å². The van der Waals surface area contributed by atoms with Crippen molar-refractivity contribution in [3.63, 3.8) is 0 Å². The molecule has 0 radical (unpaired) electrons. The number of nitrogens with zero attached hydrogens (tertiary/aromatic N) is 3. The first-order valence-electron chi connectivity index (χ1n) is 7.10. The molecular formula is C14H26FN5. The molecule has 1 aromatic heterocycles. The highest BCUT2D eigenvalue weighted by molar-refractivity contribution is 5.41. The molecule has 0 bridgehead atoms. The van der Waals surface area contributed by atoms with Gasteiger partial charge in [-0.25, -0.2) is 9.37 Å². The standard InChI is InChI=1S/C14H26FN5/c1-6-16-14-17-8-12(15)13(19-14)18-11(7-10(2)3)9-20(4)5/h8,10-11H,6-7,9H2,1-5H3,(H2,16,17,18,19). The predicted molar refractivity (Wildman–Crippen MR) is 81.6 cm³/mol. The van der Waals surface area contributed by atoms with Crippen LogP contribution in [0.2, 0.25) is 0 Å². The van der Waals surface area contributed by atoms with E-state index in [0.29, 0.717) is 18.4 Å². The first kappa shape index (κ1) is 16.6. The number of halogens is 1. The van der Waals surface area contributed by atoms with Gasteiger partial charge in [-0.15, -0.1) is 0 Å². The van der Waals surface area contributed by atoms with Crippen LogP contribution < -0.4 is 10.6 Å². The minimum absolute atomic E-state index is 0.156. The van der Waals surface area contributed by atoms with Crippen molar-refractivity contribution in [3.05, 3.63) is 12.0 Å². The number of anilines is 2. The summed E-state index contributed by atoms with van der Waals surface area (Å²) >= 11 is 0. The molecule has 20 heavy (non-hydrogen) atoms. The molecule has 6 heteroatoms. The highest BCUT2D eigenvalue weighted by atomic mass is 19.1. The van der Waals surface area contributed by atoms with E-state index in [2.05, 4.69) is 39.3 Å². The summed E-state index contributed by atoms with van der Waals surface area (Å²) < 4.78 is 13.8. The summed E-state index contributed by atoms with van der Waals surface area (Å²) in [6.45, 7) is 7.80. The number of nitrogens with one attached hydrogen (secondary N) is 2. The van der Waals surface area contributed by atoms with Crippen molar-refractivity contribution in [2.24, 2.45) is 5.92 Å². The van der Waals surface area contributed by atoms with Crippen LogP contribution in [-0.2, 0) is 0 Å². The molecule has 0 spiro atoms. The third kappa shape index (κ3) is 5.69. The minimum atomic E-state index is -0.417. The lowest BCUT2D eigenvalue weighted by molar-refractivity contribution is 0.355. The molecule has 0 aliphatic rings. The first-order chi connectivity index (χ1) is 9.42. The van der Waals surface area contributed by atoms with Crippen LogP contribution in [-0.4, -0.2) is 48.1 Å². The summed E-state index contributed by atoms with van der Waals surface area (Å²) in [6.07, 6.45) is 2.16. The van der Waals surface area contributed by atoms with Crippen LogP contribution >= 0.6 is 0 Å². The van der Waals surface area contributed by atoms with Crippen molar-refractivity contribution >= 4 is 11.8 Å². The van der Waals surface area contributed by atoms with E-state index >= 15 is 0 Å². The zero-order valence-corrected chi connectivity index (χ0v) is 13.1. The Kier molecular flexibility index (Phi) is 6.64. The summed E-state index contributed by atoms with van der Waals surface area (Å²) in [4.78, 5) is 10.2. The molecule has 0 aliphatic carbocycles. The van der Waals surface area contributed by atoms with Crippen molar-refractivity contribution in [2.75, 3.05) is 37.8 Å². The van der Waals surface area contributed by atoms with Gasteiger partial charge >= 0.3 is 0 Å². The third-order valence-corrected chi connectivity index (χ3v) is 2.76. The Morgan fingerprint density at radius 3 is 2.60 bits per heavy atom. The van der Waals surface area contributed by atoms with Crippen molar-refractivity contribution < 1.29 is 4.39 Å². The second-order valence-electron chi connectivity index (χ2n) is 5.65. The lowest BCUT2D eigenvalue weighted by Crippen LogP contribution is -2.34. The van der Waals surface area contributed by atoms with Gasteiger partial charge in [0.2, 0.25) is 5.95 Å². The summed E-state index contributed by atoms with van der Waals surface area (Å²) in [5.41, 5.74) is 0. The van der Waals surface area contributed by atoms with E-state index in [1.54, 1.807) is 0 Å². The van der Waals surface area contributed by atoms with E-state index in [9.17, 15) is 4.39 Å². The Morgan fingerprint density at radius 2 is 2.05 bits per heavy atom. The number of hydrogen-bond acceptors (Lipinski definition) is 5. The zero-order valence-electron chi connectivity index (χ0n) is 13.1. The molecule has 1 rings (SSSR count). The predicted octanol–water partition coefficient (Wildman–Crippen LogP) is 2.44. The van der Waals surface area contributed by atoms with E-state index in [1.165, 1.54) is 6.20 Å². The first-order valence-corrected chi connectivity index (χ1v) is 7.10. The number of aromatic nitrogens is 2. The second-order valence-corrected chi connectivity index (χ2v) is 5.65. The normalized spacial score (nSPS) is 12.8. The van der Waals surface area contributed by atoms with E-state index in [1.807, 2.05) is 21.0 Å².